The van der Waals surface area contributed by atoms with Gasteiger partial charge in [-0.15, -0.1) is 0 Å². The van der Waals surface area contributed by atoms with Crippen LogP contribution in [0.15, 0.2) is 78.9 Å². The average Bonchev–Trinajstić information content (AvgIpc) is 3.31. The molecule has 192 valence electrons. The van der Waals surface area contributed by atoms with Crippen LogP contribution in [0.25, 0.3) is 11.3 Å². The summed E-state index contributed by atoms with van der Waals surface area (Å²) < 4.78 is 6.50. The maximum absolute atomic E-state index is 13.3. The van der Waals surface area contributed by atoms with Crippen molar-refractivity contribution >= 4 is 40.1 Å². The average molecular weight is 631 g/mol. The Morgan fingerprint density at radius 1 is 1.08 bits per heavy atom. The van der Waals surface area contributed by atoms with Crippen LogP contribution in [0.1, 0.15) is 41.9 Å². The third kappa shape index (κ3) is 6.70. The Hall–Kier alpha value is -2.92. The van der Waals surface area contributed by atoms with Crippen molar-refractivity contribution in [2.24, 2.45) is 5.73 Å². The van der Waals surface area contributed by atoms with E-state index in [4.69, 9.17) is 32.2 Å². The molecule has 3 atom stereocenters. The molecule has 0 aliphatic rings. The number of aromatic nitrogens is 2. The van der Waals surface area contributed by atoms with Crippen LogP contribution in [0, 0.1) is 3.57 Å². The van der Waals surface area contributed by atoms with Gasteiger partial charge in [0.25, 0.3) is 0 Å². The number of aromatic amines is 1. The van der Waals surface area contributed by atoms with Crippen molar-refractivity contribution in [1.82, 2.24) is 15.3 Å². The van der Waals surface area contributed by atoms with E-state index in [9.17, 15) is 4.79 Å². The van der Waals surface area contributed by atoms with Gasteiger partial charge in [0.05, 0.1) is 12.6 Å². The second-order valence-corrected chi connectivity index (χ2v) is 10.2. The molecule has 9 heteroatoms. The number of H-pyrrole nitrogens is 1. The molecule has 4 aromatic rings. The molecule has 4 rings (SSSR count). The number of imidazole rings is 1. The van der Waals surface area contributed by atoms with E-state index in [1.165, 1.54) is 0 Å². The Labute approximate surface area is 234 Å². The van der Waals surface area contributed by atoms with Gasteiger partial charge in [0.2, 0.25) is 5.91 Å². The van der Waals surface area contributed by atoms with E-state index < -0.39 is 12.1 Å². The Morgan fingerprint density at radius 3 is 2.41 bits per heavy atom. The summed E-state index contributed by atoms with van der Waals surface area (Å²) in [5.41, 5.74) is 9.52. The number of amides is 1. The molecule has 1 heterocycles. The summed E-state index contributed by atoms with van der Waals surface area (Å²) in [5, 5.41) is 12.4. The normalized spacial score (nSPS) is 13.5. The van der Waals surface area contributed by atoms with Crippen LogP contribution in [0.5, 0.6) is 5.75 Å². The van der Waals surface area contributed by atoms with Crippen LogP contribution in [-0.4, -0.2) is 34.2 Å². The second kappa shape index (κ2) is 12.6. The minimum atomic E-state index is -0.904. The Morgan fingerprint density at radius 2 is 1.76 bits per heavy atom. The number of aliphatic hydroxyl groups is 1. The summed E-state index contributed by atoms with van der Waals surface area (Å²) in [6, 6.07) is 23.3. The number of ether oxygens (including phenoxy) is 1. The maximum atomic E-state index is 13.3. The number of nitrogens with two attached hydrogens (primary N) is 1. The third-order valence-corrected chi connectivity index (χ3v) is 7.09. The lowest BCUT2D eigenvalue weighted by atomic mass is 9.92. The Kier molecular flexibility index (Phi) is 9.20. The lowest BCUT2D eigenvalue weighted by molar-refractivity contribution is -0.123. The molecule has 7 nitrogen and oxygen atoms in total. The number of benzene rings is 3. The number of carbonyl (C=O) groups excluding carboxylic acids is 1. The van der Waals surface area contributed by atoms with Gasteiger partial charge in [-0.2, -0.15) is 0 Å². The molecule has 0 aliphatic heterocycles. The number of hydrogen-bond acceptors (Lipinski definition) is 5. The smallest absolute Gasteiger partial charge is 0.242 e. The minimum absolute atomic E-state index is 0.0766. The number of halogens is 2. The first-order valence-corrected chi connectivity index (χ1v) is 13.3. The molecule has 0 fully saturated rings. The fourth-order valence-electron chi connectivity index (χ4n) is 4.02. The molecule has 3 aromatic carbocycles. The maximum Gasteiger partial charge on any atom is 0.242 e. The Balaban J connectivity index is 1.61. The van der Waals surface area contributed by atoms with E-state index >= 15 is 0 Å². The molecular formula is C28H28ClIN4O3. The Bertz CT molecular complexity index is 1310. The van der Waals surface area contributed by atoms with Crippen molar-refractivity contribution in [2.45, 2.75) is 24.9 Å². The number of hydrogen-bond donors (Lipinski definition) is 4. The summed E-state index contributed by atoms with van der Waals surface area (Å²) in [4.78, 5) is 21.3. The van der Waals surface area contributed by atoms with Crippen LogP contribution >= 0.6 is 34.2 Å². The van der Waals surface area contributed by atoms with Crippen LogP contribution in [-0.2, 0) is 4.79 Å². The van der Waals surface area contributed by atoms with E-state index in [1.807, 2.05) is 61.5 Å². The molecule has 0 aliphatic carbocycles. The van der Waals surface area contributed by atoms with Gasteiger partial charge in [-0.25, -0.2) is 4.98 Å². The van der Waals surface area contributed by atoms with Crippen LogP contribution in [0.4, 0.5) is 0 Å². The molecule has 1 unspecified atom stereocenters. The van der Waals surface area contributed by atoms with Crippen molar-refractivity contribution in [1.29, 1.82) is 0 Å². The lowest BCUT2D eigenvalue weighted by Crippen LogP contribution is -2.39. The molecule has 5 N–H and O–H groups in total. The van der Waals surface area contributed by atoms with Crippen LogP contribution < -0.4 is 15.8 Å². The molecule has 1 amide bonds. The van der Waals surface area contributed by atoms with Crippen molar-refractivity contribution < 1.29 is 14.6 Å². The standard InChI is InChI=1S/C28H28ClIN4O3/c1-17(18-5-3-2-4-6-18)24(27-32-25(26(29)34-27)20-7-11-21(30)12-8-20)33-28(36)23(31)19-9-13-22(14-10-19)37-16-15-35/h2-14,17,23-24,35H,15-16,31H2,1H3,(H,32,34)(H,33,36)/t17-,23?,24-/m0/s1. The number of rotatable bonds is 10. The predicted octanol–water partition coefficient (Wildman–Crippen LogP) is 5.37. The molecule has 0 bridgehead atoms. The third-order valence-electron chi connectivity index (χ3n) is 6.10. The highest BCUT2D eigenvalue weighted by atomic mass is 127. The second-order valence-electron chi connectivity index (χ2n) is 8.60. The van der Waals surface area contributed by atoms with Crippen molar-refractivity contribution in [3.8, 4) is 17.0 Å². The lowest BCUT2D eigenvalue weighted by Gasteiger charge is -2.25. The number of carbonyl (C=O) groups is 1. The van der Waals surface area contributed by atoms with Gasteiger partial charge in [-0.3, -0.25) is 4.79 Å². The fraction of sp³-hybridized carbons (Fsp3) is 0.214. The number of nitrogens with zero attached hydrogens (tertiary/aromatic N) is 1. The topological polar surface area (TPSA) is 113 Å². The zero-order valence-corrected chi connectivity index (χ0v) is 23.1. The largest absolute Gasteiger partial charge is 0.491 e. The summed E-state index contributed by atoms with van der Waals surface area (Å²) in [6.07, 6.45) is 0. The highest BCUT2D eigenvalue weighted by Crippen LogP contribution is 2.34. The van der Waals surface area contributed by atoms with E-state index in [0.717, 1.165) is 14.7 Å². The zero-order chi connectivity index (χ0) is 26.4. The molecule has 0 radical (unpaired) electrons. The van der Waals surface area contributed by atoms with Gasteiger partial charge >= 0.3 is 0 Å². The highest BCUT2D eigenvalue weighted by molar-refractivity contribution is 14.1. The minimum Gasteiger partial charge on any atom is -0.491 e. The van der Waals surface area contributed by atoms with E-state index in [0.29, 0.717) is 28.0 Å². The van der Waals surface area contributed by atoms with Crippen LogP contribution in [0.3, 0.4) is 0 Å². The number of nitrogens with one attached hydrogen (secondary N) is 2. The number of aliphatic hydroxyl groups excluding tert-OH is 1. The highest BCUT2D eigenvalue weighted by Gasteiger charge is 2.29. The first kappa shape index (κ1) is 27.1. The monoisotopic (exact) mass is 630 g/mol. The zero-order valence-electron chi connectivity index (χ0n) is 20.2. The predicted molar refractivity (Wildman–Crippen MR) is 153 cm³/mol. The molecular weight excluding hydrogens is 603 g/mol. The van der Waals surface area contributed by atoms with Gasteiger partial charge in [-0.05, 0) is 58.0 Å². The van der Waals surface area contributed by atoms with Crippen molar-refractivity contribution in [3.63, 3.8) is 0 Å². The van der Waals surface area contributed by atoms with Crippen LogP contribution in [0.2, 0.25) is 5.15 Å². The van der Waals surface area contributed by atoms with E-state index in [-0.39, 0.29) is 25.0 Å². The van der Waals surface area contributed by atoms with Crippen molar-refractivity contribution in [2.75, 3.05) is 13.2 Å². The molecule has 1 aromatic heterocycles. The summed E-state index contributed by atoms with van der Waals surface area (Å²) >= 11 is 8.82. The van der Waals surface area contributed by atoms with E-state index in [2.05, 4.69) is 32.9 Å². The summed E-state index contributed by atoms with van der Waals surface area (Å²) in [7, 11) is 0. The van der Waals surface area contributed by atoms with Gasteiger partial charge in [0.15, 0.2) is 0 Å². The fourth-order valence-corrected chi connectivity index (χ4v) is 4.63. The SMILES string of the molecule is C[C@@H](c1ccccc1)[C@H](NC(=O)C(N)c1ccc(OCCO)cc1)c1nc(-c2ccc(I)cc2)c(Cl)[nH]1. The first-order chi connectivity index (χ1) is 17.9. The van der Waals surface area contributed by atoms with Gasteiger partial charge in [-0.1, -0.05) is 73.1 Å². The first-order valence-electron chi connectivity index (χ1n) is 11.8. The van der Waals surface area contributed by atoms with Gasteiger partial charge in [0.1, 0.15) is 35.1 Å². The molecule has 0 saturated carbocycles. The quantitative estimate of drug-likeness (QED) is 0.176. The molecule has 0 spiro atoms. The molecule has 0 saturated heterocycles. The van der Waals surface area contributed by atoms with Crippen molar-refractivity contribution in [3.05, 3.63) is 105 Å². The van der Waals surface area contributed by atoms with E-state index in [1.54, 1.807) is 24.3 Å². The van der Waals surface area contributed by atoms with Gasteiger partial charge < -0.3 is 25.9 Å². The summed E-state index contributed by atoms with van der Waals surface area (Å²) in [5.74, 6) is 0.663. The summed E-state index contributed by atoms with van der Waals surface area (Å²) in [6.45, 7) is 2.15. The van der Waals surface area contributed by atoms with Gasteiger partial charge in [0, 0.05) is 15.1 Å². The molecule has 37 heavy (non-hydrogen) atoms.